The van der Waals surface area contributed by atoms with E-state index in [1.54, 1.807) is 6.07 Å². The van der Waals surface area contributed by atoms with E-state index in [0.717, 1.165) is 44.7 Å². The molecule has 2 aromatic rings. The van der Waals surface area contributed by atoms with Crippen LogP contribution in [0.15, 0.2) is 36.4 Å². The van der Waals surface area contributed by atoms with Crippen LogP contribution in [-0.4, -0.2) is 40.6 Å². The second-order valence-electron chi connectivity index (χ2n) is 5.81. The van der Waals surface area contributed by atoms with Crippen molar-refractivity contribution in [3.05, 3.63) is 47.7 Å². The minimum atomic E-state index is -0.00151. The van der Waals surface area contributed by atoms with Crippen LogP contribution in [0.2, 0.25) is 0 Å². The fourth-order valence-electron chi connectivity index (χ4n) is 3.24. The number of aromatic nitrogens is 2. The molecule has 2 aliphatic rings. The van der Waals surface area contributed by atoms with Crippen molar-refractivity contribution in [2.45, 2.75) is 19.3 Å². The third-order valence-corrected chi connectivity index (χ3v) is 4.43. The summed E-state index contributed by atoms with van der Waals surface area (Å²) in [5.41, 5.74) is 2.97. The minimum Gasteiger partial charge on any atom is -0.337 e. The van der Waals surface area contributed by atoms with Crippen LogP contribution in [0.3, 0.4) is 0 Å². The summed E-state index contributed by atoms with van der Waals surface area (Å²) < 4.78 is 0. The predicted octanol–water partition coefficient (Wildman–Crippen LogP) is 2.41. The maximum Gasteiger partial charge on any atom is 0.274 e. The van der Waals surface area contributed by atoms with Crippen molar-refractivity contribution in [1.29, 1.82) is 0 Å². The first kappa shape index (κ1) is 13.2. The summed E-state index contributed by atoms with van der Waals surface area (Å²) in [5.74, 6) is 0.807. The van der Waals surface area contributed by atoms with Crippen molar-refractivity contribution in [3.8, 4) is 0 Å². The first-order valence-electron chi connectivity index (χ1n) is 7.81. The van der Waals surface area contributed by atoms with Gasteiger partial charge in [-0.05, 0) is 43.0 Å². The van der Waals surface area contributed by atoms with Gasteiger partial charge >= 0.3 is 0 Å². The lowest BCUT2D eigenvalue weighted by Crippen LogP contribution is -2.28. The maximum absolute atomic E-state index is 12.3. The van der Waals surface area contributed by atoms with Crippen molar-refractivity contribution in [2.24, 2.45) is 0 Å². The van der Waals surface area contributed by atoms with Gasteiger partial charge in [0.25, 0.3) is 5.91 Å². The van der Waals surface area contributed by atoms with Crippen molar-refractivity contribution < 1.29 is 4.79 Å². The Labute approximate surface area is 129 Å². The molecule has 3 heterocycles. The molecule has 5 nitrogen and oxygen atoms in total. The topological polar surface area (TPSA) is 49.3 Å². The van der Waals surface area contributed by atoms with E-state index in [0.29, 0.717) is 5.69 Å². The molecule has 0 N–H and O–H groups in total. The van der Waals surface area contributed by atoms with E-state index in [2.05, 4.69) is 33.3 Å². The first-order chi connectivity index (χ1) is 10.8. The zero-order valence-electron chi connectivity index (χ0n) is 12.4. The Morgan fingerprint density at radius 3 is 2.55 bits per heavy atom. The second kappa shape index (κ2) is 5.40. The number of anilines is 2. The normalized spacial score (nSPS) is 16.9. The van der Waals surface area contributed by atoms with Gasteiger partial charge in [-0.3, -0.25) is 4.79 Å². The smallest absolute Gasteiger partial charge is 0.274 e. The van der Waals surface area contributed by atoms with Gasteiger partial charge in [0, 0.05) is 25.3 Å². The van der Waals surface area contributed by atoms with Gasteiger partial charge in [0.15, 0.2) is 11.5 Å². The summed E-state index contributed by atoms with van der Waals surface area (Å²) >= 11 is 0. The molecule has 1 saturated heterocycles. The molecule has 5 heteroatoms. The number of benzene rings is 1. The van der Waals surface area contributed by atoms with E-state index < -0.39 is 0 Å². The fourth-order valence-corrected chi connectivity index (χ4v) is 3.24. The summed E-state index contributed by atoms with van der Waals surface area (Å²) in [6.45, 7) is 2.58. The molecule has 22 heavy (non-hydrogen) atoms. The SMILES string of the molecule is O=C(c1ccc(N2CCc3ccccc32)nn1)N1CCCC1. The highest BCUT2D eigenvalue weighted by molar-refractivity contribution is 5.92. The van der Waals surface area contributed by atoms with Crippen LogP contribution >= 0.6 is 0 Å². The highest BCUT2D eigenvalue weighted by Crippen LogP contribution is 2.32. The number of fused-ring (bicyclic) bond motifs is 1. The Morgan fingerprint density at radius 1 is 0.955 bits per heavy atom. The van der Waals surface area contributed by atoms with E-state index in [4.69, 9.17) is 0 Å². The molecule has 2 aliphatic heterocycles. The number of hydrogen-bond acceptors (Lipinski definition) is 4. The highest BCUT2D eigenvalue weighted by atomic mass is 16.2. The second-order valence-corrected chi connectivity index (χ2v) is 5.81. The number of carbonyl (C=O) groups is 1. The quantitative estimate of drug-likeness (QED) is 0.853. The molecule has 1 aromatic carbocycles. The molecule has 1 fully saturated rings. The Balaban J connectivity index is 1.56. The van der Waals surface area contributed by atoms with E-state index >= 15 is 0 Å². The third kappa shape index (κ3) is 2.22. The fraction of sp³-hybridized carbons (Fsp3) is 0.353. The van der Waals surface area contributed by atoms with E-state index in [1.165, 1.54) is 11.3 Å². The Morgan fingerprint density at radius 2 is 1.77 bits per heavy atom. The number of hydrogen-bond donors (Lipinski definition) is 0. The lowest BCUT2D eigenvalue weighted by Gasteiger charge is -2.18. The summed E-state index contributed by atoms with van der Waals surface area (Å²) in [6, 6.07) is 12.0. The standard InChI is InChI=1S/C17H18N4O/c22-17(20-10-3-4-11-20)14-7-8-16(19-18-14)21-12-9-13-5-1-2-6-15(13)21/h1-2,5-8H,3-4,9-12H2. The largest absolute Gasteiger partial charge is 0.337 e. The molecule has 0 aliphatic carbocycles. The van der Waals surface area contributed by atoms with Crippen molar-refractivity contribution >= 4 is 17.4 Å². The lowest BCUT2D eigenvalue weighted by atomic mass is 10.2. The number of amides is 1. The predicted molar refractivity (Wildman–Crippen MR) is 84.3 cm³/mol. The van der Waals surface area contributed by atoms with Gasteiger partial charge in [-0.1, -0.05) is 18.2 Å². The maximum atomic E-state index is 12.3. The summed E-state index contributed by atoms with van der Waals surface area (Å²) in [7, 11) is 0. The van der Waals surface area contributed by atoms with Gasteiger partial charge in [-0.25, -0.2) is 0 Å². The minimum absolute atomic E-state index is 0.00151. The summed E-state index contributed by atoms with van der Waals surface area (Å²) in [4.78, 5) is 16.3. The van der Waals surface area contributed by atoms with Gasteiger partial charge in [0.05, 0.1) is 0 Å². The zero-order valence-corrected chi connectivity index (χ0v) is 12.4. The molecule has 0 bridgehead atoms. The van der Waals surface area contributed by atoms with Crippen LogP contribution < -0.4 is 4.90 Å². The monoisotopic (exact) mass is 294 g/mol. The van der Waals surface area contributed by atoms with Crippen LogP contribution in [0, 0.1) is 0 Å². The van der Waals surface area contributed by atoms with Crippen LogP contribution in [0.5, 0.6) is 0 Å². The van der Waals surface area contributed by atoms with E-state index in [1.807, 2.05) is 17.0 Å². The summed E-state index contributed by atoms with van der Waals surface area (Å²) in [6.07, 6.45) is 3.19. The molecule has 0 atom stereocenters. The van der Waals surface area contributed by atoms with Crippen molar-refractivity contribution in [1.82, 2.24) is 15.1 Å². The van der Waals surface area contributed by atoms with Gasteiger partial charge < -0.3 is 9.80 Å². The van der Waals surface area contributed by atoms with E-state index in [-0.39, 0.29) is 5.91 Å². The van der Waals surface area contributed by atoms with Gasteiger partial charge in [0.2, 0.25) is 0 Å². The number of para-hydroxylation sites is 1. The average Bonchev–Trinajstić information content (AvgIpc) is 3.24. The molecule has 1 aromatic heterocycles. The molecule has 4 rings (SSSR count). The first-order valence-corrected chi connectivity index (χ1v) is 7.81. The van der Waals surface area contributed by atoms with Gasteiger partial charge in [-0.2, -0.15) is 0 Å². The molecule has 0 unspecified atom stereocenters. The van der Waals surface area contributed by atoms with Crippen molar-refractivity contribution in [2.75, 3.05) is 24.5 Å². The number of carbonyl (C=O) groups excluding carboxylic acids is 1. The molecule has 1 amide bonds. The number of rotatable bonds is 2. The van der Waals surface area contributed by atoms with E-state index in [9.17, 15) is 4.79 Å². The zero-order chi connectivity index (χ0) is 14.9. The molecule has 0 saturated carbocycles. The third-order valence-electron chi connectivity index (χ3n) is 4.43. The van der Waals surface area contributed by atoms with Crippen LogP contribution in [-0.2, 0) is 6.42 Å². The Kier molecular flexibility index (Phi) is 3.25. The molecule has 0 spiro atoms. The van der Waals surface area contributed by atoms with Crippen LogP contribution in [0.25, 0.3) is 0 Å². The molecular weight excluding hydrogens is 276 g/mol. The van der Waals surface area contributed by atoms with Gasteiger partial charge in [-0.15, -0.1) is 10.2 Å². The number of nitrogens with zero attached hydrogens (tertiary/aromatic N) is 4. The Hall–Kier alpha value is -2.43. The Bertz CT molecular complexity index is 692. The summed E-state index contributed by atoms with van der Waals surface area (Å²) in [5, 5.41) is 8.44. The molecule has 0 radical (unpaired) electrons. The number of likely N-dealkylation sites (tertiary alicyclic amines) is 1. The van der Waals surface area contributed by atoms with Crippen LogP contribution in [0.1, 0.15) is 28.9 Å². The van der Waals surface area contributed by atoms with Crippen molar-refractivity contribution in [3.63, 3.8) is 0 Å². The lowest BCUT2D eigenvalue weighted by molar-refractivity contribution is 0.0786. The molecular formula is C17H18N4O. The average molecular weight is 294 g/mol. The highest BCUT2D eigenvalue weighted by Gasteiger charge is 2.23. The molecule has 112 valence electrons. The van der Waals surface area contributed by atoms with Gasteiger partial charge in [0.1, 0.15) is 0 Å². The van der Waals surface area contributed by atoms with Crippen LogP contribution in [0.4, 0.5) is 11.5 Å².